The zero-order valence-electron chi connectivity index (χ0n) is 12.0. The van der Waals surface area contributed by atoms with Gasteiger partial charge in [0.05, 0.1) is 11.8 Å². The van der Waals surface area contributed by atoms with Crippen LogP contribution in [0.2, 0.25) is 0 Å². The lowest BCUT2D eigenvalue weighted by molar-refractivity contribution is 0.0355. The first kappa shape index (κ1) is 13.2. The third kappa shape index (κ3) is 3.02. The van der Waals surface area contributed by atoms with Crippen LogP contribution in [0.1, 0.15) is 50.6 Å². The highest BCUT2D eigenvalue weighted by molar-refractivity contribution is 5.01. The normalized spacial score (nSPS) is 32.8. The minimum absolute atomic E-state index is 0.197. The van der Waals surface area contributed by atoms with E-state index in [0.29, 0.717) is 5.92 Å². The quantitative estimate of drug-likeness (QED) is 0.909. The summed E-state index contributed by atoms with van der Waals surface area (Å²) in [6.45, 7) is 0. The van der Waals surface area contributed by atoms with E-state index in [0.717, 1.165) is 24.0 Å². The number of fused-ring (bicyclic) bond motifs is 1. The van der Waals surface area contributed by atoms with Crippen molar-refractivity contribution < 1.29 is 5.11 Å². The van der Waals surface area contributed by atoms with Gasteiger partial charge in [0.2, 0.25) is 0 Å². The molecular formula is C16H26N2O. The van der Waals surface area contributed by atoms with Gasteiger partial charge < -0.3 is 5.11 Å². The largest absolute Gasteiger partial charge is 0.392 e. The molecule has 0 aliphatic heterocycles. The molecule has 2 aliphatic rings. The van der Waals surface area contributed by atoms with Crippen LogP contribution in [0.15, 0.2) is 12.3 Å². The second kappa shape index (κ2) is 5.66. The highest BCUT2D eigenvalue weighted by Crippen LogP contribution is 2.43. The van der Waals surface area contributed by atoms with E-state index in [-0.39, 0.29) is 6.10 Å². The van der Waals surface area contributed by atoms with Gasteiger partial charge >= 0.3 is 0 Å². The first-order chi connectivity index (χ1) is 9.22. The van der Waals surface area contributed by atoms with E-state index in [9.17, 15) is 5.11 Å². The van der Waals surface area contributed by atoms with Crippen LogP contribution in [-0.4, -0.2) is 21.0 Å². The Morgan fingerprint density at radius 3 is 2.79 bits per heavy atom. The summed E-state index contributed by atoms with van der Waals surface area (Å²) in [5, 5.41) is 14.9. The number of hydrogen-bond donors (Lipinski definition) is 1. The Morgan fingerprint density at radius 2 is 2.05 bits per heavy atom. The van der Waals surface area contributed by atoms with Gasteiger partial charge in [0.25, 0.3) is 0 Å². The Morgan fingerprint density at radius 1 is 1.26 bits per heavy atom. The van der Waals surface area contributed by atoms with Gasteiger partial charge in [-0.2, -0.15) is 5.10 Å². The van der Waals surface area contributed by atoms with Crippen molar-refractivity contribution in [1.82, 2.24) is 9.78 Å². The summed E-state index contributed by atoms with van der Waals surface area (Å²) in [7, 11) is 1.93. The lowest BCUT2D eigenvalue weighted by Gasteiger charge is -2.40. The molecule has 1 heterocycles. The molecule has 2 fully saturated rings. The average Bonchev–Trinajstić information content (AvgIpc) is 2.83. The molecule has 4 unspecified atom stereocenters. The lowest BCUT2D eigenvalue weighted by atomic mass is 9.66. The topological polar surface area (TPSA) is 38.0 Å². The monoisotopic (exact) mass is 262 g/mol. The SMILES string of the molecule is Cn1ccc(CC(O)C2CCC3CCCCC3C2)n1. The van der Waals surface area contributed by atoms with Crippen LogP contribution in [0.4, 0.5) is 0 Å². The number of aliphatic hydroxyl groups excluding tert-OH is 1. The smallest absolute Gasteiger partial charge is 0.0650 e. The van der Waals surface area contributed by atoms with Crippen molar-refractivity contribution in [2.24, 2.45) is 24.8 Å². The van der Waals surface area contributed by atoms with Crippen molar-refractivity contribution in [3.05, 3.63) is 18.0 Å². The maximum atomic E-state index is 10.5. The predicted molar refractivity (Wildman–Crippen MR) is 75.7 cm³/mol. The molecule has 0 radical (unpaired) electrons. The van der Waals surface area contributed by atoms with E-state index < -0.39 is 0 Å². The van der Waals surface area contributed by atoms with Crippen molar-refractivity contribution >= 4 is 0 Å². The van der Waals surface area contributed by atoms with Gasteiger partial charge in [0.1, 0.15) is 0 Å². The number of rotatable bonds is 3. The molecule has 1 aromatic rings. The van der Waals surface area contributed by atoms with Gasteiger partial charge in [-0.05, 0) is 43.1 Å². The average molecular weight is 262 g/mol. The van der Waals surface area contributed by atoms with E-state index in [2.05, 4.69) is 5.10 Å². The first-order valence-electron chi connectivity index (χ1n) is 7.89. The fourth-order valence-corrected chi connectivity index (χ4v) is 4.21. The molecule has 0 aromatic carbocycles. The molecule has 2 aliphatic carbocycles. The molecule has 0 spiro atoms. The molecule has 3 nitrogen and oxygen atoms in total. The van der Waals surface area contributed by atoms with Crippen LogP contribution in [0.25, 0.3) is 0 Å². The number of aliphatic hydroxyl groups is 1. The van der Waals surface area contributed by atoms with Crippen LogP contribution < -0.4 is 0 Å². The zero-order chi connectivity index (χ0) is 13.2. The molecule has 2 saturated carbocycles. The molecule has 1 N–H and O–H groups in total. The Kier molecular flexibility index (Phi) is 3.92. The van der Waals surface area contributed by atoms with E-state index in [4.69, 9.17) is 0 Å². The summed E-state index contributed by atoms with van der Waals surface area (Å²) in [5.41, 5.74) is 1.03. The summed E-state index contributed by atoms with van der Waals surface area (Å²) < 4.78 is 1.82. The van der Waals surface area contributed by atoms with E-state index in [1.807, 2.05) is 24.0 Å². The highest BCUT2D eigenvalue weighted by atomic mass is 16.3. The summed E-state index contributed by atoms with van der Waals surface area (Å²) >= 11 is 0. The standard InChI is InChI=1S/C16H26N2O/c1-18-9-8-15(17-18)11-16(19)14-7-6-12-4-2-3-5-13(12)10-14/h8-9,12-14,16,19H,2-7,10-11H2,1H3. The first-order valence-corrected chi connectivity index (χ1v) is 7.89. The van der Waals surface area contributed by atoms with Gasteiger partial charge in [0.15, 0.2) is 0 Å². The van der Waals surface area contributed by atoms with Gasteiger partial charge in [-0.15, -0.1) is 0 Å². The molecule has 3 rings (SSSR count). The maximum Gasteiger partial charge on any atom is 0.0650 e. The fraction of sp³-hybridized carbons (Fsp3) is 0.812. The van der Waals surface area contributed by atoms with Crippen molar-refractivity contribution in [3.8, 4) is 0 Å². The molecule has 4 atom stereocenters. The molecule has 106 valence electrons. The van der Waals surface area contributed by atoms with Crippen molar-refractivity contribution in [2.45, 2.75) is 57.5 Å². The molecule has 0 amide bonds. The molecule has 3 heteroatoms. The van der Waals surface area contributed by atoms with Gasteiger partial charge in [-0.25, -0.2) is 0 Å². The minimum atomic E-state index is -0.197. The molecule has 19 heavy (non-hydrogen) atoms. The van der Waals surface area contributed by atoms with E-state index >= 15 is 0 Å². The fourth-order valence-electron chi connectivity index (χ4n) is 4.21. The number of nitrogens with zero attached hydrogens (tertiary/aromatic N) is 2. The summed E-state index contributed by atoms with van der Waals surface area (Å²) in [6.07, 6.45) is 12.0. The van der Waals surface area contributed by atoms with Crippen LogP contribution >= 0.6 is 0 Å². The van der Waals surface area contributed by atoms with Crippen LogP contribution in [0.3, 0.4) is 0 Å². The van der Waals surface area contributed by atoms with Gasteiger partial charge in [-0.1, -0.05) is 25.7 Å². The van der Waals surface area contributed by atoms with Gasteiger partial charge in [0, 0.05) is 19.7 Å². The summed E-state index contributed by atoms with van der Waals surface area (Å²) in [6, 6.07) is 2.02. The lowest BCUT2D eigenvalue weighted by Crippen LogP contribution is -2.34. The zero-order valence-corrected chi connectivity index (χ0v) is 12.0. The van der Waals surface area contributed by atoms with Crippen molar-refractivity contribution in [3.63, 3.8) is 0 Å². The molecule has 1 aromatic heterocycles. The second-order valence-corrected chi connectivity index (χ2v) is 6.63. The van der Waals surface area contributed by atoms with Crippen molar-refractivity contribution in [2.75, 3.05) is 0 Å². The molecular weight excluding hydrogens is 236 g/mol. The Labute approximate surface area is 116 Å². The molecule has 0 bridgehead atoms. The van der Waals surface area contributed by atoms with Gasteiger partial charge in [-0.3, -0.25) is 4.68 Å². The Balaban J connectivity index is 1.56. The second-order valence-electron chi connectivity index (χ2n) is 6.63. The summed E-state index contributed by atoms with van der Waals surface area (Å²) in [5.74, 6) is 2.36. The Bertz CT molecular complexity index is 415. The van der Waals surface area contributed by atoms with Crippen molar-refractivity contribution in [1.29, 1.82) is 0 Å². The minimum Gasteiger partial charge on any atom is -0.392 e. The maximum absolute atomic E-state index is 10.5. The number of aryl methyl sites for hydroxylation is 1. The Hall–Kier alpha value is -0.830. The third-order valence-corrected chi connectivity index (χ3v) is 5.31. The van der Waals surface area contributed by atoms with E-state index in [1.54, 1.807) is 0 Å². The third-order valence-electron chi connectivity index (χ3n) is 5.31. The highest BCUT2D eigenvalue weighted by Gasteiger charge is 2.34. The van der Waals surface area contributed by atoms with Crippen LogP contribution in [0, 0.1) is 17.8 Å². The predicted octanol–water partition coefficient (Wildman–Crippen LogP) is 2.93. The van der Waals surface area contributed by atoms with E-state index in [1.165, 1.54) is 44.9 Å². The summed E-state index contributed by atoms with van der Waals surface area (Å²) in [4.78, 5) is 0. The van der Waals surface area contributed by atoms with Crippen LogP contribution in [-0.2, 0) is 13.5 Å². The number of aromatic nitrogens is 2. The molecule has 0 saturated heterocycles. The number of hydrogen-bond acceptors (Lipinski definition) is 2. The van der Waals surface area contributed by atoms with Crippen LogP contribution in [0.5, 0.6) is 0 Å².